The Morgan fingerprint density at radius 3 is 2.31 bits per heavy atom. The summed E-state index contributed by atoms with van der Waals surface area (Å²) in [7, 11) is 0. The van der Waals surface area contributed by atoms with E-state index in [0.29, 0.717) is 12.2 Å². The Balaban J connectivity index is 1.98. The van der Waals surface area contributed by atoms with Crippen LogP contribution in [-0.2, 0) is 0 Å². The Bertz CT molecular complexity index is 903. The Morgan fingerprint density at radius 1 is 0.966 bits per heavy atom. The molecule has 0 saturated carbocycles. The summed E-state index contributed by atoms with van der Waals surface area (Å²) >= 11 is 0. The summed E-state index contributed by atoms with van der Waals surface area (Å²) in [6.07, 6.45) is 4.03. The molecule has 0 aliphatic carbocycles. The maximum Gasteiger partial charge on any atom is 0.0942 e. The van der Waals surface area contributed by atoms with Crippen LogP contribution in [0.2, 0.25) is 0 Å². The van der Waals surface area contributed by atoms with Crippen molar-refractivity contribution in [2.45, 2.75) is 45.6 Å². The van der Waals surface area contributed by atoms with Crippen molar-refractivity contribution in [2.75, 3.05) is 25.4 Å². The van der Waals surface area contributed by atoms with Crippen LogP contribution in [0.3, 0.4) is 0 Å². The smallest absolute Gasteiger partial charge is 0.0942 e. The number of aliphatic hydroxyl groups excluding tert-OH is 1. The molecule has 0 unspecified atom stereocenters. The van der Waals surface area contributed by atoms with Crippen molar-refractivity contribution in [1.29, 1.82) is 0 Å². The number of hydrogen-bond donors (Lipinski definition) is 2. The van der Waals surface area contributed by atoms with Gasteiger partial charge in [-0.05, 0) is 43.6 Å². The second-order valence-corrected chi connectivity index (χ2v) is 7.73. The van der Waals surface area contributed by atoms with E-state index in [0.717, 1.165) is 66.5 Å². The largest absolute Gasteiger partial charge is 0.397 e. The zero-order chi connectivity index (χ0) is 20.6. The first-order valence-corrected chi connectivity index (χ1v) is 10.8. The fourth-order valence-electron chi connectivity index (χ4n) is 3.73. The van der Waals surface area contributed by atoms with Gasteiger partial charge in [0.25, 0.3) is 0 Å². The third-order valence-electron chi connectivity index (χ3n) is 5.42. The van der Waals surface area contributed by atoms with Gasteiger partial charge in [-0.25, -0.2) is 4.98 Å². The average molecular weight is 392 g/mol. The van der Waals surface area contributed by atoms with Crippen molar-refractivity contribution in [2.24, 2.45) is 0 Å². The number of nitrogens with two attached hydrogens (primary N) is 1. The number of unbranched alkanes of at least 4 members (excludes halogenated alkanes) is 2. The molecule has 0 aliphatic heterocycles. The van der Waals surface area contributed by atoms with E-state index in [1.165, 1.54) is 0 Å². The molecular weight excluding hydrogens is 358 g/mol. The van der Waals surface area contributed by atoms with Gasteiger partial charge in [0, 0.05) is 17.5 Å². The molecule has 1 heterocycles. The van der Waals surface area contributed by atoms with E-state index in [1.54, 1.807) is 0 Å². The third kappa shape index (κ3) is 5.34. The lowest BCUT2D eigenvalue weighted by Gasteiger charge is -2.26. The maximum absolute atomic E-state index is 11.2. The second kappa shape index (κ2) is 10.4. The fraction of sp³-hybridized carbons (Fsp3) is 0.400. The van der Waals surface area contributed by atoms with Crippen molar-refractivity contribution in [3.8, 4) is 11.3 Å². The summed E-state index contributed by atoms with van der Waals surface area (Å²) in [5.41, 5.74) is 10.4. The van der Waals surface area contributed by atoms with Gasteiger partial charge in [-0.1, -0.05) is 69.2 Å². The number of nitrogens with zero attached hydrogens (tertiary/aromatic N) is 2. The number of aliphatic hydroxyl groups is 1. The Labute approximate surface area is 174 Å². The van der Waals surface area contributed by atoms with Gasteiger partial charge in [-0.15, -0.1) is 0 Å². The number of pyridine rings is 1. The maximum atomic E-state index is 11.2. The van der Waals surface area contributed by atoms with Gasteiger partial charge in [-0.3, -0.25) is 0 Å². The number of hydrogen-bond acceptors (Lipinski definition) is 4. The van der Waals surface area contributed by atoms with Crippen LogP contribution in [-0.4, -0.2) is 34.6 Å². The molecule has 154 valence electrons. The zero-order valence-corrected chi connectivity index (χ0v) is 17.6. The van der Waals surface area contributed by atoms with Gasteiger partial charge in [0.2, 0.25) is 0 Å². The van der Waals surface area contributed by atoms with E-state index >= 15 is 0 Å². The van der Waals surface area contributed by atoms with Crippen molar-refractivity contribution in [3.63, 3.8) is 0 Å². The lowest BCUT2D eigenvalue weighted by molar-refractivity contribution is 0.112. The number of anilines is 1. The van der Waals surface area contributed by atoms with Crippen LogP contribution in [0.4, 0.5) is 5.69 Å². The molecule has 29 heavy (non-hydrogen) atoms. The Hall–Kier alpha value is -2.43. The van der Waals surface area contributed by atoms with Crippen molar-refractivity contribution >= 4 is 16.6 Å². The topological polar surface area (TPSA) is 62.4 Å². The summed E-state index contributed by atoms with van der Waals surface area (Å²) in [5, 5.41) is 12.2. The fourth-order valence-corrected chi connectivity index (χ4v) is 3.73. The molecule has 1 aromatic heterocycles. The average Bonchev–Trinajstić information content (AvgIpc) is 2.75. The number of fused-ring (bicyclic) bond motifs is 1. The Kier molecular flexibility index (Phi) is 7.62. The summed E-state index contributed by atoms with van der Waals surface area (Å²) in [4.78, 5) is 7.20. The predicted molar refractivity (Wildman–Crippen MR) is 123 cm³/mol. The monoisotopic (exact) mass is 391 g/mol. The zero-order valence-electron chi connectivity index (χ0n) is 17.6. The van der Waals surface area contributed by atoms with E-state index in [-0.39, 0.29) is 0 Å². The second-order valence-electron chi connectivity index (χ2n) is 7.73. The first-order chi connectivity index (χ1) is 14.1. The SMILES string of the molecule is CCCCN(CCCC)C[C@H](O)c1cc(-c2ccccc2)nc2c(N)cccc12. The minimum absolute atomic E-state index is 0.585. The normalized spacial score (nSPS) is 12.6. The summed E-state index contributed by atoms with van der Waals surface area (Å²) in [6.45, 7) is 7.08. The minimum Gasteiger partial charge on any atom is -0.397 e. The molecule has 1 atom stereocenters. The summed E-state index contributed by atoms with van der Waals surface area (Å²) < 4.78 is 0. The molecule has 0 radical (unpaired) electrons. The first-order valence-electron chi connectivity index (χ1n) is 10.8. The van der Waals surface area contributed by atoms with Crippen LogP contribution in [0, 0.1) is 0 Å². The molecule has 0 aliphatic rings. The molecule has 4 heteroatoms. The van der Waals surface area contributed by atoms with E-state index in [4.69, 9.17) is 10.7 Å². The van der Waals surface area contributed by atoms with Crippen LogP contribution in [0.5, 0.6) is 0 Å². The van der Waals surface area contributed by atoms with Gasteiger partial charge in [0.15, 0.2) is 0 Å². The van der Waals surface area contributed by atoms with Gasteiger partial charge >= 0.3 is 0 Å². The highest BCUT2D eigenvalue weighted by Crippen LogP contribution is 2.31. The molecule has 0 spiro atoms. The molecule has 0 saturated heterocycles. The van der Waals surface area contributed by atoms with Crippen molar-refractivity contribution < 1.29 is 5.11 Å². The molecule has 3 rings (SSSR count). The highest BCUT2D eigenvalue weighted by molar-refractivity contribution is 5.93. The lowest BCUT2D eigenvalue weighted by atomic mass is 9.99. The predicted octanol–water partition coefficient (Wildman–Crippen LogP) is 5.42. The lowest BCUT2D eigenvalue weighted by Crippen LogP contribution is -2.31. The van der Waals surface area contributed by atoms with Gasteiger partial charge in [-0.2, -0.15) is 0 Å². The van der Waals surface area contributed by atoms with Crippen LogP contribution >= 0.6 is 0 Å². The molecule has 3 N–H and O–H groups in total. The van der Waals surface area contributed by atoms with Gasteiger partial charge in [0.05, 0.1) is 23.0 Å². The molecule has 3 aromatic rings. The van der Waals surface area contributed by atoms with Crippen LogP contribution in [0.1, 0.15) is 51.2 Å². The highest BCUT2D eigenvalue weighted by Gasteiger charge is 2.18. The first kappa shape index (κ1) is 21.3. The number of aromatic nitrogens is 1. The van der Waals surface area contributed by atoms with Gasteiger partial charge < -0.3 is 15.7 Å². The molecular formula is C25H33N3O. The van der Waals surface area contributed by atoms with Crippen LogP contribution < -0.4 is 5.73 Å². The standard InChI is InChI=1S/C25H33N3O/c1-3-5-15-28(16-6-4-2)18-24(29)21-17-23(19-11-8-7-9-12-19)27-25-20(21)13-10-14-22(25)26/h7-14,17,24,29H,3-6,15-16,18,26H2,1-2H3/t24-/m0/s1. The van der Waals surface area contributed by atoms with Crippen molar-refractivity contribution in [1.82, 2.24) is 9.88 Å². The molecule has 0 bridgehead atoms. The van der Waals surface area contributed by atoms with Gasteiger partial charge in [0.1, 0.15) is 0 Å². The van der Waals surface area contributed by atoms with Crippen molar-refractivity contribution in [3.05, 3.63) is 60.2 Å². The van der Waals surface area contributed by atoms with E-state index in [9.17, 15) is 5.11 Å². The number of benzene rings is 2. The summed E-state index contributed by atoms with van der Waals surface area (Å²) in [6, 6.07) is 17.9. The van der Waals surface area contributed by atoms with Crippen LogP contribution in [0.15, 0.2) is 54.6 Å². The third-order valence-corrected chi connectivity index (χ3v) is 5.42. The molecule has 2 aromatic carbocycles. The number of para-hydroxylation sites is 1. The van der Waals surface area contributed by atoms with Crippen LogP contribution in [0.25, 0.3) is 22.2 Å². The molecule has 4 nitrogen and oxygen atoms in total. The van der Waals surface area contributed by atoms with E-state index in [1.807, 2.05) is 54.6 Å². The molecule has 0 fully saturated rings. The minimum atomic E-state index is -0.585. The highest BCUT2D eigenvalue weighted by atomic mass is 16.3. The Morgan fingerprint density at radius 2 is 1.66 bits per heavy atom. The van der Waals surface area contributed by atoms with E-state index in [2.05, 4.69) is 18.7 Å². The number of nitrogen functional groups attached to an aromatic ring is 1. The molecule has 0 amide bonds. The van der Waals surface area contributed by atoms with E-state index < -0.39 is 6.10 Å². The summed E-state index contributed by atoms with van der Waals surface area (Å²) in [5.74, 6) is 0. The quantitative estimate of drug-likeness (QED) is 0.453. The number of rotatable bonds is 10.